The number of fused-ring (bicyclic) bond motifs is 1. The van der Waals surface area contributed by atoms with Crippen LogP contribution in [-0.2, 0) is 13.1 Å². The summed E-state index contributed by atoms with van der Waals surface area (Å²) in [7, 11) is 0. The van der Waals surface area contributed by atoms with Crippen molar-refractivity contribution in [2.45, 2.75) is 45.9 Å². The zero-order valence-corrected chi connectivity index (χ0v) is 8.44. The minimum absolute atomic E-state index is 0.564. The highest BCUT2D eigenvalue weighted by atomic mass is 15.5. The highest BCUT2D eigenvalue weighted by Crippen LogP contribution is 2.17. The first-order valence-corrected chi connectivity index (χ1v) is 4.81. The molecule has 2 heterocycles. The molecule has 4 heteroatoms. The third-order valence-electron chi connectivity index (χ3n) is 2.71. The Morgan fingerprint density at radius 3 is 3.00 bits per heavy atom. The molecule has 1 atom stereocenters. The standard InChI is InChI=1S/C9H16N4/c1-7(2)12-6-9-4-10-11-13(9)5-8(12)3/h4,7-8H,5-6H2,1-3H3. The number of rotatable bonds is 1. The smallest absolute Gasteiger partial charge is 0.0738 e. The van der Waals surface area contributed by atoms with Crippen LogP contribution in [0, 0.1) is 0 Å². The maximum Gasteiger partial charge on any atom is 0.0738 e. The lowest BCUT2D eigenvalue weighted by Gasteiger charge is -2.36. The van der Waals surface area contributed by atoms with E-state index in [0.29, 0.717) is 12.1 Å². The Kier molecular flexibility index (Phi) is 2.07. The molecular formula is C9H16N4. The lowest BCUT2D eigenvalue weighted by Crippen LogP contribution is -2.44. The van der Waals surface area contributed by atoms with Crippen LogP contribution in [-0.4, -0.2) is 32.0 Å². The average Bonchev–Trinajstić information content (AvgIpc) is 2.48. The van der Waals surface area contributed by atoms with Gasteiger partial charge in [0.1, 0.15) is 0 Å². The van der Waals surface area contributed by atoms with Crippen LogP contribution in [0.15, 0.2) is 6.20 Å². The maximum atomic E-state index is 4.04. The van der Waals surface area contributed by atoms with Gasteiger partial charge in [0.05, 0.1) is 18.4 Å². The normalized spacial score (nSPS) is 23.5. The number of nitrogens with zero attached hydrogens (tertiary/aromatic N) is 4. The average molecular weight is 180 g/mol. The molecule has 4 nitrogen and oxygen atoms in total. The van der Waals surface area contributed by atoms with Gasteiger partial charge < -0.3 is 0 Å². The van der Waals surface area contributed by atoms with Crippen LogP contribution in [0.5, 0.6) is 0 Å². The van der Waals surface area contributed by atoms with Gasteiger partial charge in [0, 0.05) is 18.6 Å². The van der Waals surface area contributed by atoms with Crippen LogP contribution in [0.1, 0.15) is 26.5 Å². The quantitative estimate of drug-likeness (QED) is 0.643. The monoisotopic (exact) mass is 180 g/mol. The summed E-state index contributed by atoms with van der Waals surface area (Å²) in [6, 6.07) is 1.16. The van der Waals surface area contributed by atoms with E-state index in [1.807, 2.05) is 10.9 Å². The molecule has 0 fully saturated rings. The topological polar surface area (TPSA) is 34.0 Å². The van der Waals surface area contributed by atoms with Gasteiger partial charge >= 0.3 is 0 Å². The summed E-state index contributed by atoms with van der Waals surface area (Å²) in [6.07, 6.45) is 1.86. The fourth-order valence-electron chi connectivity index (χ4n) is 1.94. The van der Waals surface area contributed by atoms with Gasteiger partial charge in [-0.2, -0.15) is 0 Å². The molecule has 0 amide bonds. The van der Waals surface area contributed by atoms with E-state index in [0.717, 1.165) is 13.1 Å². The largest absolute Gasteiger partial charge is 0.291 e. The van der Waals surface area contributed by atoms with E-state index in [2.05, 4.69) is 36.0 Å². The summed E-state index contributed by atoms with van der Waals surface area (Å²) in [5.41, 5.74) is 1.23. The van der Waals surface area contributed by atoms with Crippen molar-refractivity contribution < 1.29 is 0 Å². The summed E-state index contributed by atoms with van der Waals surface area (Å²) in [4.78, 5) is 2.47. The minimum atomic E-state index is 0.564. The predicted molar refractivity (Wildman–Crippen MR) is 50.2 cm³/mol. The Bertz CT molecular complexity index is 292. The van der Waals surface area contributed by atoms with Crippen molar-refractivity contribution in [3.05, 3.63) is 11.9 Å². The molecule has 1 aromatic heterocycles. The van der Waals surface area contributed by atoms with Gasteiger partial charge in [-0.05, 0) is 20.8 Å². The van der Waals surface area contributed by atoms with Crippen LogP contribution in [0.25, 0.3) is 0 Å². The summed E-state index contributed by atoms with van der Waals surface area (Å²) < 4.78 is 2.00. The van der Waals surface area contributed by atoms with Crippen LogP contribution in [0.4, 0.5) is 0 Å². The highest BCUT2D eigenvalue weighted by molar-refractivity contribution is 4.98. The van der Waals surface area contributed by atoms with Gasteiger partial charge in [0.25, 0.3) is 0 Å². The van der Waals surface area contributed by atoms with Crippen molar-refractivity contribution >= 4 is 0 Å². The van der Waals surface area contributed by atoms with Crippen molar-refractivity contribution in [2.75, 3.05) is 0 Å². The van der Waals surface area contributed by atoms with Crippen LogP contribution in [0.2, 0.25) is 0 Å². The third-order valence-corrected chi connectivity index (χ3v) is 2.71. The Balaban J connectivity index is 2.22. The maximum absolute atomic E-state index is 4.04. The predicted octanol–water partition coefficient (Wildman–Crippen LogP) is 0.891. The van der Waals surface area contributed by atoms with E-state index in [1.165, 1.54) is 5.69 Å². The Morgan fingerprint density at radius 1 is 1.54 bits per heavy atom. The molecular weight excluding hydrogens is 164 g/mol. The summed E-state index contributed by atoms with van der Waals surface area (Å²) in [5.74, 6) is 0. The van der Waals surface area contributed by atoms with E-state index < -0.39 is 0 Å². The van der Waals surface area contributed by atoms with E-state index >= 15 is 0 Å². The first kappa shape index (κ1) is 8.69. The molecule has 1 aromatic rings. The SMILES string of the molecule is CC(C)N1Cc2cnnn2CC1C. The first-order valence-electron chi connectivity index (χ1n) is 4.81. The molecule has 1 unspecified atom stereocenters. The Morgan fingerprint density at radius 2 is 2.31 bits per heavy atom. The fourth-order valence-corrected chi connectivity index (χ4v) is 1.94. The van der Waals surface area contributed by atoms with E-state index in [-0.39, 0.29) is 0 Å². The molecule has 0 saturated heterocycles. The molecule has 0 aromatic carbocycles. The van der Waals surface area contributed by atoms with Gasteiger partial charge in [0.2, 0.25) is 0 Å². The second-order valence-electron chi connectivity index (χ2n) is 4.02. The third kappa shape index (κ3) is 1.46. The molecule has 0 saturated carbocycles. The van der Waals surface area contributed by atoms with Crippen molar-refractivity contribution in [1.82, 2.24) is 19.9 Å². The van der Waals surface area contributed by atoms with Crippen LogP contribution >= 0.6 is 0 Å². The minimum Gasteiger partial charge on any atom is -0.291 e. The molecule has 0 radical (unpaired) electrons. The summed E-state index contributed by atoms with van der Waals surface area (Å²) >= 11 is 0. The zero-order chi connectivity index (χ0) is 9.42. The molecule has 0 spiro atoms. The first-order chi connectivity index (χ1) is 6.18. The van der Waals surface area contributed by atoms with Gasteiger partial charge in [-0.15, -0.1) is 5.10 Å². The molecule has 0 bridgehead atoms. The van der Waals surface area contributed by atoms with E-state index in [4.69, 9.17) is 0 Å². The van der Waals surface area contributed by atoms with Crippen LogP contribution < -0.4 is 0 Å². The number of hydrogen-bond donors (Lipinski definition) is 0. The molecule has 1 aliphatic heterocycles. The van der Waals surface area contributed by atoms with Crippen LogP contribution in [0.3, 0.4) is 0 Å². The summed E-state index contributed by atoms with van der Waals surface area (Å²) in [6.45, 7) is 8.65. The molecule has 13 heavy (non-hydrogen) atoms. The highest BCUT2D eigenvalue weighted by Gasteiger charge is 2.25. The molecule has 1 aliphatic rings. The van der Waals surface area contributed by atoms with Gasteiger partial charge in [-0.3, -0.25) is 4.90 Å². The molecule has 2 rings (SSSR count). The van der Waals surface area contributed by atoms with E-state index in [1.54, 1.807) is 0 Å². The van der Waals surface area contributed by atoms with Crippen molar-refractivity contribution in [1.29, 1.82) is 0 Å². The van der Waals surface area contributed by atoms with Crippen molar-refractivity contribution in [3.63, 3.8) is 0 Å². The lowest BCUT2D eigenvalue weighted by molar-refractivity contribution is 0.109. The van der Waals surface area contributed by atoms with E-state index in [9.17, 15) is 0 Å². The van der Waals surface area contributed by atoms with Crippen molar-refractivity contribution in [3.8, 4) is 0 Å². The zero-order valence-electron chi connectivity index (χ0n) is 8.44. The summed E-state index contributed by atoms with van der Waals surface area (Å²) in [5, 5.41) is 7.96. The second-order valence-corrected chi connectivity index (χ2v) is 4.02. The number of aromatic nitrogens is 3. The van der Waals surface area contributed by atoms with Crippen molar-refractivity contribution in [2.24, 2.45) is 0 Å². The number of hydrogen-bond acceptors (Lipinski definition) is 3. The molecule has 0 N–H and O–H groups in total. The molecule has 72 valence electrons. The Labute approximate surface area is 78.5 Å². The van der Waals surface area contributed by atoms with Gasteiger partial charge in [-0.1, -0.05) is 5.21 Å². The second kappa shape index (κ2) is 3.10. The van der Waals surface area contributed by atoms with Gasteiger partial charge in [-0.25, -0.2) is 4.68 Å². The Hall–Kier alpha value is -0.900. The lowest BCUT2D eigenvalue weighted by atomic mass is 10.1. The fraction of sp³-hybridized carbons (Fsp3) is 0.778. The van der Waals surface area contributed by atoms with Gasteiger partial charge in [0.15, 0.2) is 0 Å². The molecule has 0 aliphatic carbocycles.